The topological polar surface area (TPSA) is 162 Å². The molecule has 0 unspecified atom stereocenters. The molecule has 2 aromatic carbocycles. The van der Waals surface area contributed by atoms with E-state index < -0.39 is 10.4 Å². The minimum Gasteiger partial charge on any atom is -0.759 e. The highest BCUT2D eigenvalue weighted by atomic mass is 32.3. The van der Waals surface area contributed by atoms with Crippen LogP contribution in [0.2, 0.25) is 0 Å². The van der Waals surface area contributed by atoms with Gasteiger partial charge in [0.25, 0.3) is 11.9 Å². The number of nitrogens with two attached hydrogens (primary N) is 2. The van der Waals surface area contributed by atoms with Gasteiger partial charge in [-0.25, -0.2) is 9.98 Å². The van der Waals surface area contributed by atoms with Gasteiger partial charge in [-0.1, -0.05) is 75.5 Å². The van der Waals surface area contributed by atoms with Gasteiger partial charge in [-0.3, -0.25) is 19.1 Å². The second-order valence-corrected chi connectivity index (χ2v) is 6.70. The lowest BCUT2D eigenvalue weighted by Crippen LogP contribution is -2.87. The van der Waals surface area contributed by atoms with Crippen molar-refractivity contribution in [3.05, 3.63) is 71.8 Å². The van der Waals surface area contributed by atoms with E-state index in [9.17, 15) is 0 Å². The Hall–Kier alpha value is -2.83. The summed E-state index contributed by atoms with van der Waals surface area (Å²) in [6, 6.07) is 20.6. The standard InChI is InChI=1S/2C10H15N3.2CH4.H2O4S/c2*1-11-10(12-2)13-8-9-6-4-3-5-7-9;;;1-5(2,3)4/h2*3-7H,8H2,1-2H3,(H2,11,12,13);2*1H4;(H2,1,2,3,4). The molecule has 0 aliphatic rings. The smallest absolute Gasteiger partial charge is 0.294 e. The third-order valence-corrected chi connectivity index (χ3v) is 3.66. The van der Waals surface area contributed by atoms with Gasteiger partial charge in [-0.2, -0.15) is 0 Å². The molecule has 2 aromatic rings. The molecule has 0 atom stereocenters. The SMILES string of the molecule is C.C.CN=C(NCc1ccccc1)[NH2+]C.CN=C(NCc1ccccc1)[NH2+]C.O=S(=O)([O-])[O-]. The van der Waals surface area contributed by atoms with Crippen molar-refractivity contribution in [2.75, 3.05) is 28.2 Å². The van der Waals surface area contributed by atoms with Crippen molar-refractivity contribution in [1.82, 2.24) is 10.6 Å². The van der Waals surface area contributed by atoms with Crippen molar-refractivity contribution in [3.63, 3.8) is 0 Å². The summed E-state index contributed by atoms with van der Waals surface area (Å²) in [5.74, 6) is 1.87. The Kier molecular flexibility index (Phi) is 22.2. The van der Waals surface area contributed by atoms with E-state index in [-0.39, 0.29) is 14.9 Å². The van der Waals surface area contributed by atoms with Crippen LogP contribution in [-0.4, -0.2) is 57.6 Å². The number of hydrogen-bond donors (Lipinski definition) is 4. The summed E-state index contributed by atoms with van der Waals surface area (Å²) >= 11 is 0. The molecule has 6 N–H and O–H groups in total. The monoisotopic (exact) mass is 484 g/mol. The fourth-order valence-electron chi connectivity index (χ4n) is 2.20. The maximum Gasteiger partial charge on any atom is 0.294 e. The Bertz CT molecular complexity index is 809. The Labute approximate surface area is 199 Å². The van der Waals surface area contributed by atoms with Crippen molar-refractivity contribution >= 4 is 22.3 Å². The molecule has 0 radical (unpaired) electrons. The van der Waals surface area contributed by atoms with E-state index in [0.29, 0.717) is 0 Å². The number of nitrogens with one attached hydrogen (secondary N) is 2. The highest BCUT2D eigenvalue weighted by Gasteiger charge is 1.97. The highest BCUT2D eigenvalue weighted by Crippen LogP contribution is 1.97. The van der Waals surface area contributed by atoms with Crippen molar-refractivity contribution in [1.29, 1.82) is 0 Å². The number of quaternary nitrogens is 2. The summed E-state index contributed by atoms with van der Waals surface area (Å²) in [7, 11) is 2.35. The highest BCUT2D eigenvalue weighted by molar-refractivity contribution is 7.79. The molecule has 0 spiro atoms. The van der Waals surface area contributed by atoms with Crippen LogP contribution < -0.4 is 21.3 Å². The van der Waals surface area contributed by atoms with Crippen LogP contribution >= 0.6 is 0 Å². The molecular weight excluding hydrogens is 444 g/mol. The van der Waals surface area contributed by atoms with Crippen LogP contribution in [0.25, 0.3) is 0 Å². The Morgan fingerprint density at radius 1 is 0.758 bits per heavy atom. The lowest BCUT2D eigenvalue weighted by Gasteiger charge is -2.06. The first kappa shape index (κ1) is 34.8. The Morgan fingerprint density at radius 3 is 1.24 bits per heavy atom. The predicted molar refractivity (Wildman–Crippen MR) is 133 cm³/mol. The van der Waals surface area contributed by atoms with Gasteiger partial charge in [0.05, 0.1) is 14.1 Å². The zero-order chi connectivity index (χ0) is 23.5. The van der Waals surface area contributed by atoms with Crippen LogP contribution in [0.5, 0.6) is 0 Å². The fourth-order valence-corrected chi connectivity index (χ4v) is 2.20. The third-order valence-electron chi connectivity index (χ3n) is 3.66. The summed E-state index contributed by atoms with van der Waals surface area (Å²) in [5.41, 5.74) is 2.54. The van der Waals surface area contributed by atoms with Gasteiger partial charge < -0.3 is 19.7 Å². The van der Waals surface area contributed by atoms with E-state index in [4.69, 9.17) is 17.5 Å². The van der Waals surface area contributed by atoms with E-state index in [2.05, 4.69) is 44.9 Å². The van der Waals surface area contributed by atoms with Crippen LogP contribution in [0.15, 0.2) is 70.6 Å². The lowest BCUT2D eigenvalue weighted by atomic mass is 10.2. The molecule has 0 amide bonds. The van der Waals surface area contributed by atoms with Crippen molar-refractivity contribution in [2.45, 2.75) is 27.9 Å². The molecule has 33 heavy (non-hydrogen) atoms. The van der Waals surface area contributed by atoms with Gasteiger partial charge in [-0.05, 0) is 11.1 Å². The number of aliphatic imine (C=N–C) groups is 2. The van der Waals surface area contributed by atoms with Crippen LogP contribution in [0.1, 0.15) is 26.0 Å². The molecule has 0 aliphatic carbocycles. The van der Waals surface area contributed by atoms with Crippen molar-refractivity contribution in [3.8, 4) is 0 Å². The molecule has 0 aliphatic heterocycles. The van der Waals surface area contributed by atoms with Crippen LogP contribution in [-0.2, 0) is 23.5 Å². The average molecular weight is 485 g/mol. The first-order chi connectivity index (χ1) is 14.7. The minimum absolute atomic E-state index is 0. The minimum atomic E-state index is -5.17. The summed E-state index contributed by atoms with van der Waals surface area (Å²) in [5, 5.41) is 10.4. The van der Waals surface area contributed by atoms with Gasteiger partial charge in [-0.15, -0.1) is 0 Å². The zero-order valence-electron chi connectivity index (χ0n) is 18.3. The van der Waals surface area contributed by atoms with Gasteiger partial charge in [0.1, 0.15) is 0 Å². The number of nitrogens with zero attached hydrogens (tertiary/aromatic N) is 2. The summed E-state index contributed by atoms with van der Waals surface area (Å²) in [6.07, 6.45) is 0. The second kappa shape index (κ2) is 21.0. The molecule has 0 bridgehead atoms. The van der Waals surface area contributed by atoms with Gasteiger partial charge in [0.2, 0.25) is 0 Å². The van der Waals surface area contributed by atoms with Crippen LogP contribution in [0, 0.1) is 0 Å². The molecule has 0 saturated carbocycles. The third kappa shape index (κ3) is 22.2. The van der Waals surface area contributed by atoms with E-state index in [1.165, 1.54) is 11.1 Å². The van der Waals surface area contributed by atoms with Gasteiger partial charge in [0, 0.05) is 37.6 Å². The number of hydrogen-bond acceptors (Lipinski definition) is 6. The number of benzene rings is 2. The van der Waals surface area contributed by atoms with Crippen molar-refractivity contribution < 1.29 is 28.2 Å². The molecule has 10 nitrogen and oxygen atoms in total. The summed E-state index contributed by atoms with van der Waals surface area (Å²) in [6.45, 7) is 1.66. The maximum absolute atomic E-state index is 8.52. The first-order valence-corrected chi connectivity index (χ1v) is 10.8. The Balaban J connectivity index is -0.000000433. The molecular formula is C22H40N6O4S. The second-order valence-electron chi connectivity index (χ2n) is 5.88. The predicted octanol–water partition coefficient (Wildman–Crippen LogP) is -0.155. The van der Waals surface area contributed by atoms with Gasteiger partial charge >= 0.3 is 0 Å². The molecule has 2 rings (SSSR count). The number of rotatable bonds is 4. The number of guanidine groups is 2. The van der Waals surface area contributed by atoms with Crippen molar-refractivity contribution in [2.24, 2.45) is 9.98 Å². The van der Waals surface area contributed by atoms with E-state index >= 15 is 0 Å². The summed E-state index contributed by atoms with van der Waals surface area (Å²) in [4.78, 5) is 8.14. The molecule has 188 valence electrons. The average Bonchev–Trinajstić information content (AvgIpc) is 2.76. The van der Waals surface area contributed by atoms with Crippen LogP contribution in [0.4, 0.5) is 0 Å². The van der Waals surface area contributed by atoms with Gasteiger partial charge in [0.15, 0.2) is 0 Å². The maximum atomic E-state index is 8.52. The van der Waals surface area contributed by atoms with E-state index in [1.807, 2.05) is 61.1 Å². The van der Waals surface area contributed by atoms with Crippen LogP contribution in [0.3, 0.4) is 0 Å². The molecule has 0 aromatic heterocycles. The fraction of sp³-hybridized carbons (Fsp3) is 0.364. The molecule has 0 fully saturated rings. The van der Waals surface area contributed by atoms with E-state index in [1.54, 1.807) is 14.1 Å². The normalized spacial score (nSPS) is 10.7. The molecule has 0 saturated heterocycles. The quantitative estimate of drug-likeness (QED) is 0.204. The summed E-state index contributed by atoms with van der Waals surface area (Å²) < 4.78 is 34.1. The van der Waals surface area contributed by atoms with E-state index in [0.717, 1.165) is 25.0 Å². The zero-order valence-corrected chi connectivity index (χ0v) is 19.1. The lowest BCUT2D eigenvalue weighted by molar-refractivity contribution is -0.511. The largest absolute Gasteiger partial charge is 0.759 e. The molecule has 0 heterocycles. The molecule has 11 heteroatoms. The first-order valence-electron chi connectivity index (χ1n) is 9.48. The Morgan fingerprint density at radius 2 is 1.03 bits per heavy atom.